The fourth-order valence-corrected chi connectivity index (χ4v) is 5.27. The third-order valence-corrected chi connectivity index (χ3v) is 7.37. The number of rotatable bonds is 9. The van der Waals surface area contributed by atoms with Crippen LogP contribution in [0.5, 0.6) is 0 Å². The van der Waals surface area contributed by atoms with Gasteiger partial charge >= 0.3 is 5.97 Å². The Balaban J connectivity index is 1.66. The monoisotopic (exact) mass is 422 g/mol. The highest BCUT2D eigenvalue weighted by atomic mass is 32.2. The van der Waals surface area contributed by atoms with Gasteiger partial charge in [-0.3, -0.25) is 9.59 Å². The van der Waals surface area contributed by atoms with Gasteiger partial charge in [-0.25, -0.2) is 8.42 Å². The molecule has 8 heteroatoms. The van der Waals surface area contributed by atoms with E-state index in [9.17, 15) is 18.0 Å². The molecule has 1 aliphatic carbocycles. The molecule has 1 amide bonds. The molecule has 1 aromatic carbocycles. The Morgan fingerprint density at radius 3 is 2.55 bits per heavy atom. The third-order valence-electron chi connectivity index (χ3n) is 5.49. The molecule has 29 heavy (non-hydrogen) atoms. The molecule has 1 unspecified atom stereocenters. The number of ether oxygens (including phenoxy) is 1. The van der Waals surface area contributed by atoms with Crippen molar-refractivity contribution in [3.8, 4) is 0 Å². The van der Waals surface area contributed by atoms with Gasteiger partial charge in [0.05, 0.1) is 23.8 Å². The van der Waals surface area contributed by atoms with Gasteiger partial charge in [0.2, 0.25) is 15.9 Å². The van der Waals surface area contributed by atoms with Crippen LogP contribution in [0.3, 0.4) is 0 Å². The molecule has 1 saturated carbocycles. The van der Waals surface area contributed by atoms with Gasteiger partial charge in [-0.2, -0.15) is 4.31 Å². The van der Waals surface area contributed by atoms with Gasteiger partial charge in [0.25, 0.3) is 0 Å². The van der Waals surface area contributed by atoms with Gasteiger partial charge in [0.15, 0.2) is 0 Å². The molecule has 3 rings (SSSR count). The zero-order chi connectivity index (χ0) is 20.9. The molecule has 0 aromatic heterocycles. The van der Waals surface area contributed by atoms with Crippen molar-refractivity contribution < 1.29 is 22.7 Å². The van der Waals surface area contributed by atoms with Gasteiger partial charge in [0.1, 0.15) is 0 Å². The standard InChI is InChI=1S/C21H30N2O5S/c1-2-28-20(24)12-14-22(15-17-10-11-17)21(25)18-7-6-13-23(16-18)29(26,27)19-8-4-3-5-9-19/h3-5,8-9,17-18H,2,6-7,10-16H2,1H3. The number of esters is 1. The van der Waals surface area contributed by atoms with Crippen LogP contribution in [0.25, 0.3) is 0 Å². The van der Waals surface area contributed by atoms with E-state index in [1.165, 1.54) is 4.31 Å². The SMILES string of the molecule is CCOC(=O)CCN(CC1CC1)C(=O)C1CCCN(S(=O)(=O)c2ccccc2)C1. The largest absolute Gasteiger partial charge is 0.466 e. The summed E-state index contributed by atoms with van der Waals surface area (Å²) in [6.07, 6.45) is 3.69. The second kappa shape index (κ2) is 9.71. The molecule has 0 bridgehead atoms. The van der Waals surface area contributed by atoms with E-state index in [-0.39, 0.29) is 35.7 Å². The lowest BCUT2D eigenvalue weighted by Crippen LogP contribution is -2.47. The number of carbonyl (C=O) groups is 2. The summed E-state index contributed by atoms with van der Waals surface area (Å²) in [6.45, 7) is 3.67. The fraction of sp³-hybridized carbons (Fsp3) is 0.619. The Labute approximate surface area is 173 Å². The van der Waals surface area contributed by atoms with Crippen LogP contribution in [0.1, 0.15) is 39.0 Å². The lowest BCUT2D eigenvalue weighted by Gasteiger charge is -2.34. The Bertz CT molecular complexity index is 808. The summed E-state index contributed by atoms with van der Waals surface area (Å²) in [5, 5.41) is 0. The van der Waals surface area contributed by atoms with Crippen LogP contribution in [0.2, 0.25) is 0 Å². The summed E-state index contributed by atoms with van der Waals surface area (Å²) >= 11 is 0. The highest BCUT2D eigenvalue weighted by Crippen LogP contribution is 2.31. The molecule has 0 spiro atoms. The smallest absolute Gasteiger partial charge is 0.307 e. The topological polar surface area (TPSA) is 84.0 Å². The van der Waals surface area contributed by atoms with Gasteiger partial charge in [-0.15, -0.1) is 0 Å². The zero-order valence-corrected chi connectivity index (χ0v) is 17.8. The lowest BCUT2D eigenvalue weighted by molar-refractivity contribution is -0.144. The normalized spacial score (nSPS) is 20.2. The van der Waals surface area contributed by atoms with Crippen molar-refractivity contribution in [2.45, 2.75) is 43.9 Å². The number of hydrogen-bond acceptors (Lipinski definition) is 5. The summed E-state index contributed by atoms with van der Waals surface area (Å²) in [5.41, 5.74) is 0. The predicted octanol–water partition coefficient (Wildman–Crippen LogP) is 2.28. The van der Waals surface area contributed by atoms with Crippen molar-refractivity contribution >= 4 is 21.9 Å². The van der Waals surface area contributed by atoms with E-state index in [4.69, 9.17) is 4.74 Å². The summed E-state index contributed by atoms with van der Waals surface area (Å²) in [4.78, 5) is 26.9. The van der Waals surface area contributed by atoms with E-state index < -0.39 is 10.0 Å². The van der Waals surface area contributed by atoms with Gasteiger partial charge in [-0.1, -0.05) is 18.2 Å². The minimum atomic E-state index is -3.61. The van der Waals surface area contributed by atoms with Gasteiger partial charge < -0.3 is 9.64 Å². The average Bonchev–Trinajstić information content (AvgIpc) is 3.56. The number of carbonyl (C=O) groups excluding carboxylic acids is 2. The molecule has 1 saturated heterocycles. The minimum Gasteiger partial charge on any atom is -0.466 e. The molecule has 0 radical (unpaired) electrons. The number of piperidine rings is 1. The van der Waals surface area contributed by atoms with Crippen molar-refractivity contribution in [3.63, 3.8) is 0 Å². The quantitative estimate of drug-likeness (QED) is 0.570. The Morgan fingerprint density at radius 1 is 1.17 bits per heavy atom. The molecule has 7 nitrogen and oxygen atoms in total. The molecule has 2 aliphatic rings. The molecule has 2 fully saturated rings. The van der Waals surface area contributed by atoms with Crippen LogP contribution < -0.4 is 0 Å². The third kappa shape index (κ3) is 5.79. The fourth-order valence-electron chi connectivity index (χ4n) is 3.72. The van der Waals surface area contributed by atoms with Crippen molar-refractivity contribution in [1.29, 1.82) is 0 Å². The number of sulfonamides is 1. The maximum atomic E-state index is 13.2. The van der Waals surface area contributed by atoms with E-state index in [1.54, 1.807) is 42.2 Å². The Hall–Kier alpha value is -1.93. The first-order valence-corrected chi connectivity index (χ1v) is 11.9. The maximum Gasteiger partial charge on any atom is 0.307 e. The van der Waals surface area contributed by atoms with Crippen LogP contribution in [-0.4, -0.2) is 62.3 Å². The highest BCUT2D eigenvalue weighted by Gasteiger charge is 2.36. The predicted molar refractivity (Wildman–Crippen MR) is 108 cm³/mol. The molecule has 1 aromatic rings. The molecule has 1 heterocycles. The van der Waals surface area contributed by atoms with Crippen molar-refractivity contribution in [3.05, 3.63) is 30.3 Å². The zero-order valence-electron chi connectivity index (χ0n) is 17.0. The van der Waals surface area contributed by atoms with Crippen LogP contribution in [0.4, 0.5) is 0 Å². The van der Waals surface area contributed by atoms with Crippen LogP contribution in [0.15, 0.2) is 35.2 Å². The number of benzene rings is 1. The van der Waals surface area contributed by atoms with Gasteiger partial charge in [-0.05, 0) is 50.7 Å². The van der Waals surface area contributed by atoms with Crippen molar-refractivity contribution in [1.82, 2.24) is 9.21 Å². The summed E-state index contributed by atoms with van der Waals surface area (Å²) in [6, 6.07) is 8.35. The second-order valence-electron chi connectivity index (χ2n) is 7.80. The average molecular weight is 423 g/mol. The maximum absolute atomic E-state index is 13.2. The summed E-state index contributed by atoms with van der Waals surface area (Å²) in [7, 11) is -3.61. The number of amides is 1. The molecular formula is C21H30N2O5S. The second-order valence-corrected chi connectivity index (χ2v) is 9.74. The molecule has 160 valence electrons. The Morgan fingerprint density at radius 2 is 1.90 bits per heavy atom. The first-order valence-electron chi connectivity index (χ1n) is 10.4. The molecule has 1 atom stereocenters. The summed E-state index contributed by atoms with van der Waals surface area (Å²) in [5.74, 6) is -0.232. The van der Waals surface area contributed by atoms with E-state index in [1.807, 2.05) is 0 Å². The van der Waals surface area contributed by atoms with E-state index in [0.717, 1.165) is 12.8 Å². The first kappa shape index (κ1) is 21.8. The highest BCUT2D eigenvalue weighted by molar-refractivity contribution is 7.89. The molecule has 1 aliphatic heterocycles. The van der Waals surface area contributed by atoms with E-state index in [2.05, 4.69) is 0 Å². The van der Waals surface area contributed by atoms with Crippen molar-refractivity contribution in [2.24, 2.45) is 11.8 Å². The van der Waals surface area contributed by atoms with E-state index >= 15 is 0 Å². The van der Waals surface area contributed by atoms with Crippen molar-refractivity contribution in [2.75, 3.05) is 32.8 Å². The minimum absolute atomic E-state index is 0.0471. The molecular weight excluding hydrogens is 392 g/mol. The number of nitrogens with zero attached hydrogens (tertiary/aromatic N) is 2. The summed E-state index contributed by atoms with van der Waals surface area (Å²) < 4.78 is 32.3. The van der Waals surface area contributed by atoms with Crippen LogP contribution in [-0.2, 0) is 24.3 Å². The van der Waals surface area contributed by atoms with Crippen LogP contribution >= 0.6 is 0 Å². The molecule has 0 N–H and O–H groups in total. The Kier molecular flexibility index (Phi) is 7.29. The first-order chi connectivity index (χ1) is 13.9. The van der Waals surface area contributed by atoms with Crippen LogP contribution in [0, 0.1) is 11.8 Å². The van der Waals surface area contributed by atoms with E-state index in [0.29, 0.717) is 45.0 Å². The van der Waals surface area contributed by atoms with Gasteiger partial charge in [0, 0.05) is 26.2 Å². The lowest BCUT2D eigenvalue weighted by atomic mass is 9.97. The number of hydrogen-bond donors (Lipinski definition) is 0.